The largest absolute Gasteiger partial charge is 0.382 e. The molecule has 0 aromatic heterocycles. The number of nitrogens with two attached hydrogens (primary N) is 1. The number of nitrogens with one attached hydrogen (secondary N) is 1. The van der Waals surface area contributed by atoms with Crippen LogP contribution in [0.5, 0.6) is 0 Å². The maximum atomic E-state index is 6.01. The summed E-state index contributed by atoms with van der Waals surface area (Å²) in [4.78, 5) is 7.02. The summed E-state index contributed by atoms with van der Waals surface area (Å²) in [6.45, 7) is 10.3. The van der Waals surface area contributed by atoms with E-state index in [1.165, 1.54) is 19.3 Å². The third-order valence-electron chi connectivity index (χ3n) is 5.04. The first kappa shape index (κ1) is 18.5. The van der Waals surface area contributed by atoms with Crippen LogP contribution in [0.1, 0.15) is 39.0 Å². The fourth-order valence-corrected chi connectivity index (χ4v) is 3.25. The standard InChI is InChI=1S/C17H34N4O2/c1-2-22-12-7-17(5-3-6-17)15-20-16(18)19-8-4-9-21-10-13-23-14-11-21/h2-15H2,1H3,(H3,18,19,20). The first-order valence-corrected chi connectivity index (χ1v) is 9.16. The monoisotopic (exact) mass is 326 g/mol. The zero-order valence-corrected chi connectivity index (χ0v) is 14.7. The molecule has 0 radical (unpaired) electrons. The van der Waals surface area contributed by atoms with Gasteiger partial charge in [0.2, 0.25) is 0 Å². The van der Waals surface area contributed by atoms with Gasteiger partial charge in [0.05, 0.1) is 13.2 Å². The van der Waals surface area contributed by atoms with Crippen LogP contribution in [0.25, 0.3) is 0 Å². The Kier molecular flexibility index (Phi) is 8.12. The molecule has 0 aromatic rings. The first-order valence-electron chi connectivity index (χ1n) is 9.16. The molecular weight excluding hydrogens is 292 g/mol. The highest BCUT2D eigenvalue weighted by Crippen LogP contribution is 2.44. The molecule has 2 aliphatic rings. The van der Waals surface area contributed by atoms with Gasteiger partial charge in [-0.25, -0.2) is 0 Å². The highest BCUT2D eigenvalue weighted by molar-refractivity contribution is 5.77. The lowest BCUT2D eigenvalue weighted by Crippen LogP contribution is -2.40. The quantitative estimate of drug-likeness (QED) is 0.359. The second kappa shape index (κ2) is 10.1. The van der Waals surface area contributed by atoms with Crippen LogP contribution in [0.4, 0.5) is 0 Å². The van der Waals surface area contributed by atoms with Gasteiger partial charge in [0.15, 0.2) is 5.96 Å². The number of nitrogens with zero attached hydrogens (tertiary/aromatic N) is 2. The SMILES string of the molecule is CCOCCC1(CN=C(N)NCCCN2CCOCC2)CCC1. The molecule has 0 unspecified atom stereocenters. The van der Waals surface area contributed by atoms with Crippen LogP contribution in [0.15, 0.2) is 4.99 Å². The van der Waals surface area contributed by atoms with Crippen LogP contribution in [-0.4, -0.2) is 70.0 Å². The van der Waals surface area contributed by atoms with E-state index in [1.807, 2.05) is 6.92 Å². The van der Waals surface area contributed by atoms with E-state index in [0.29, 0.717) is 11.4 Å². The molecule has 1 aliphatic carbocycles. The maximum Gasteiger partial charge on any atom is 0.188 e. The zero-order valence-electron chi connectivity index (χ0n) is 14.7. The average molecular weight is 326 g/mol. The first-order chi connectivity index (χ1) is 11.2. The van der Waals surface area contributed by atoms with Crippen LogP contribution in [-0.2, 0) is 9.47 Å². The minimum absolute atomic E-state index is 0.343. The van der Waals surface area contributed by atoms with Gasteiger partial charge in [0, 0.05) is 39.4 Å². The third-order valence-corrected chi connectivity index (χ3v) is 5.04. The summed E-state index contributed by atoms with van der Waals surface area (Å²) in [5.74, 6) is 0.592. The predicted molar refractivity (Wildman–Crippen MR) is 93.8 cm³/mol. The fraction of sp³-hybridized carbons (Fsp3) is 0.941. The number of ether oxygens (including phenoxy) is 2. The highest BCUT2D eigenvalue weighted by atomic mass is 16.5. The Morgan fingerprint density at radius 2 is 2.13 bits per heavy atom. The van der Waals surface area contributed by atoms with Crippen molar-refractivity contribution < 1.29 is 9.47 Å². The zero-order chi connectivity index (χ0) is 16.4. The van der Waals surface area contributed by atoms with Crippen molar-refractivity contribution >= 4 is 5.96 Å². The molecule has 2 rings (SSSR count). The van der Waals surface area contributed by atoms with E-state index in [4.69, 9.17) is 15.2 Å². The van der Waals surface area contributed by atoms with Crippen LogP contribution >= 0.6 is 0 Å². The lowest BCUT2D eigenvalue weighted by atomic mass is 9.67. The van der Waals surface area contributed by atoms with E-state index in [-0.39, 0.29) is 0 Å². The molecule has 0 atom stereocenters. The molecule has 23 heavy (non-hydrogen) atoms. The number of guanidine groups is 1. The molecule has 1 saturated carbocycles. The van der Waals surface area contributed by atoms with Crippen molar-refractivity contribution in [1.82, 2.24) is 10.2 Å². The van der Waals surface area contributed by atoms with Crippen molar-refractivity contribution in [1.29, 1.82) is 0 Å². The Morgan fingerprint density at radius 1 is 1.35 bits per heavy atom. The molecule has 6 nitrogen and oxygen atoms in total. The molecule has 3 N–H and O–H groups in total. The number of hydrogen-bond donors (Lipinski definition) is 2. The van der Waals surface area contributed by atoms with E-state index in [2.05, 4.69) is 15.2 Å². The summed E-state index contributed by atoms with van der Waals surface area (Å²) >= 11 is 0. The van der Waals surface area contributed by atoms with Crippen molar-refractivity contribution in [3.8, 4) is 0 Å². The van der Waals surface area contributed by atoms with E-state index < -0.39 is 0 Å². The lowest BCUT2D eigenvalue weighted by Gasteiger charge is -2.40. The normalized spacial score (nSPS) is 21.9. The molecule has 1 saturated heterocycles. The van der Waals surface area contributed by atoms with Gasteiger partial charge in [-0.05, 0) is 44.6 Å². The van der Waals surface area contributed by atoms with Gasteiger partial charge < -0.3 is 20.5 Å². The van der Waals surface area contributed by atoms with Gasteiger partial charge in [-0.3, -0.25) is 9.89 Å². The van der Waals surface area contributed by atoms with E-state index in [9.17, 15) is 0 Å². The number of rotatable bonds is 10. The minimum atomic E-state index is 0.343. The molecule has 1 aliphatic heterocycles. The molecule has 1 heterocycles. The number of morpholine rings is 1. The highest BCUT2D eigenvalue weighted by Gasteiger charge is 2.36. The summed E-state index contributed by atoms with van der Waals surface area (Å²) in [6.07, 6.45) is 6.02. The van der Waals surface area contributed by atoms with Gasteiger partial charge in [-0.15, -0.1) is 0 Å². The van der Waals surface area contributed by atoms with Gasteiger partial charge in [-0.1, -0.05) is 6.42 Å². The molecule has 0 bridgehead atoms. The predicted octanol–water partition coefficient (Wildman–Crippen LogP) is 1.21. The summed E-state index contributed by atoms with van der Waals surface area (Å²) < 4.78 is 10.9. The Labute approximate surface area is 140 Å². The van der Waals surface area contributed by atoms with Crippen LogP contribution in [0.3, 0.4) is 0 Å². The minimum Gasteiger partial charge on any atom is -0.382 e. The van der Waals surface area contributed by atoms with Gasteiger partial charge in [-0.2, -0.15) is 0 Å². The molecular formula is C17H34N4O2. The lowest BCUT2D eigenvalue weighted by molar-refractivity contribution is 0.0376. The van der Waals surface area contributed by atoms with Crippen molar-refractivity contribution in [3.05, 3.63) is 0 Å². The van der Waals surface area contributed by atoms with E-state index in [0.717, 1.165) is 72.0 Å². The second-order valence-corrected chi connectivity index (χ2v) is 6.74. The molecule has 134 valence electrons. The fourth-order valence-electron chi connectivity index (χ4n) is 3.25. The smallest absolute Gasteiger partial charge is 0.188 e. The molecule has 6 heteroatoms. The van der Waals surface area contributed by atoms with Crippen molar-refractivity contribution in [3.63, 3.8) is 0 Å². The van der Waals surface area contributed by atoms with Crippen LogP contribution in [0, 0.1) is 5.41 Å². The molecule has 2 fully saturated rings. The van der Waals surface area contributed by atoms with Crippen LogP contribution in [0.2, 0.25) is 0 Å². The van der Waals surface area contributed by atoms with Crippen LogP contribution < -0.4 is 11.1 Å². The third kappa shape index (κ3) is 6.65. The van der Waals surface area contributed by atoms with Crippen molar-refractivity contribution in [2.45, 2.75) is 39.0 Å². The van der Waals surface area contributed by atoms with Crippen molar-refractivity contribution in [2.24, 2.45) is 16.1 Å². The second-order valence-electron chi connectivity index (χ2n) is 6.74. The summed E-state index contributed by atoms with van der Waals surface area (Å²) in [5.41, 5.74) is 6.35. The van der Waals surface area contributed by atoms with E-state index in [1.54, 1.807) is 0 Å². The molecule has 0 aromatic carbocycles. The Balaban J connectivity index is 1.58. The maximum absolute atomic E-state index is 6.01. The Bertz CT molecular complexity index is 353. The number of aliphatic imine (C=N–C) groups is 1. The molecule has 0 amide bonds. The van der Waals surface area contributed by atoms with Gasteiger partial charge in [0.25, 0.3) is 0 Å². The summed E-state index contributed by atoms with van der Waals surface area (Å²) in [6, 6.07) is 0. The summed E-state index contributed by atoms with van der Waals surface area (Å²) in [5, 5.41) is 3.25. The van der Waals surface area contributed by atoms with E-state index >= 15 is 0 Å². The van der Waals surface area contributed by atoms with Crippen molar-refractivity contribution in [2.75, 3.05) is 59.2 Å². The Hall–Kier alpha value is -0.850. The topological polar surface area (TPSA) is 72.1 Å². The van der Waals surface area contributed by atoms with Gasteiger partial charge in [0.1, 0.15) is 0 Å². The summed E-state index contributed by atoms with van der Waals surface area (Å²) in [7, 11) is 0. The average Bonchev–Trinajstić information content (AvgIpc) is 2.54. The Morgan fingerprint density at radius 3 is 2.78 bits per heavy atom. The molecule has 0 spiro atoms. The number of hydrogen-bond acceptors (Lipinski definition) is 4. The van der Waals surface area contributed by atoms with Gasteiger partial charge >= 0.3 is 0 Å².